The molecule has 0 radical (unpaired) electrons. The van der Waals surface area contributed by atoms with Gasteiger partial charge in [-0.3, -0.25) is 5.10 Å². The Balaban J connectivity index is 1.55. The van der Waals surface area contributed by atoms with Gasteiger partial charge in [0.1, 0.15) is 24.3 Å². The standard InChI is InChI=1S/C19H20ClN5O4S/c20-14-4-3-11(30-14)10-29-17-13(9-21)15(22-23-17)12-5-8-25(16(12)18(26)27)19(28)24-6-1-2-7-24/h3-4,12,16H,1-2,5-8,10H2,(H,22,23)(H,26,27). The van der Waals surface area contributed by atoms with Gasteiger partial charge in [-0.2, -0.15) is 5.26 Å². The van der Waals surface area contributed by atoms with Crippen molar-refractivity contribution in [3.05, 3.63) is 32.6 Å². The number of urea groups is 1. The molecule has 2 unspecified atom stereocenters. The molecule has 11 heteroatoms. The number of rotatable bonds is 5. The highest BCUT2D eigenvalue weighted by Gasteiger charge is 2.46. The molecule has 158 valence electrons. The van der Waals surface area contributed by atoms with E-state index >= 15 is 0 Å². The summed E-state index contributed by atoms with van der Waals surface area (Å²) in [5, 5.41) is 26.4. The number of ether oxygens (including phenoxy) is 1. The molecule has 0 aliphatic carbocycles. The summed E-state index contributed by atoms with van der Waals surface area (Å²) in [6.45, 7) is 1.79. The van der Waals surface area contributed by atoms with Crippen molar-refractivity contribution in [3.8, 4) is 11.9 Å². The van der Waals surface area contributed by atoms with Crippen molar-refractivity contribution in [2.75, 3.05) is 19.6 Å². The second-order valence-corrected chi connectivity index (χ2v) is 9.07. The predicted molar refractivity (Wildman–Crippen MR) is 109 cm³/mol. The van der Waals surface area contributed by atoms with Crippen molar-refractivity contribution in [1.29, 1.82) is 5.26 Å². The first-order valence-corrected chi connectivity index (χ1v) is 10.8. The van der Waals surface area contributed by atoms with Crippen molar-refractivity contribution in [2.45, 2.75) is 37.8 Å². The number of nitrogens with one attached hydrogen (secondary N) is 1. The van der Waals surface area contributed by atoms with Crippen molar-refractivity contribution >= 4 is 34.9 Å². The van der Waals surface area contributed by atoms with Gasteiger partial charge < -0.3 is 19.6 Å². The number of thiophene rings is 1. The smallest absolute Gasteiger partial charge is 0.327 e. The largest absolute Gasteiger partial charge is 0.480 e. The van der Waals surface area contributed by atoms with Gasteiger partial charge in [-0.15, -0.1) is 16.4 Å². The van der Waals surface area contributed by atoms with Crippen molar-refractivity contribution < 1.29 is 19.4 Å². The van der Waals surface area contributed by atoms with E-state index < -0.39 is 17.9 Å². The Morgan fingerprint density at radius 2 is 2.13 bits per heavy atom. The zero-order valence-corrected chi connectivity index (χ0v) is 17.6. The number of nitriles is 1. The van der Waals surface area contributed by atoms with E-state index in [0.717, 1.165) is 17.7 Å². The van der Waals surface area contributed by atoms with Crippen LogP contribution in [0.4, 0.5) is 4.79 Å². The Labute approximate surface area is 181 Å². The van der Waals surface area contributed by atoms with Crippen molar-refractivity contribution in [1.82, 2.24) is 20.0 Å². The van der Waals surface area contributed by atoms with Crippen LogP contribution in [-0.4, -0.2) is 62.8 Å². The quantitative estimate of drug-likeness (QED) is 0.723. The monoisotopic (exact) mass is 449 g/mol. The number of carbonyl (C=O) groups excluding carboxylic acids is 1. The molecule has 30 heavy (non-hydrogen) atoms. The summed E-state index contributed by atoms with van der Waals surface area (Å²) < 4.78 is 6.30. The Kier molecular flexibility index (Phi) is 5.83. The summed E-state index contributed by atoms with van der Waals surface area (Å²) in [6.07, 6.45) is 2.28. The first kappa shape index (κ1) is 20.5. The molecule has 2 aliphatic heterocycles. The molecular formula is C19H20ClN5O4S. The predicted octanol–water partition coefficient (Wildman–Crippen LogP) is 3.03. The molecule has 4 rings (SSSR count). The lowest BCUT2D eigenvalue weighted by molar-refractivity contribution is -0.141. The molecule has 2 atom stereocenters. The Hall–Kier alpha value is -2.77. The van der Waals surface area contributed by atoms with Gasteiger partial charge in [0.15, 0.2) is 0 Å². The number of aliphatic carboxylic acids is 1. The molecule has 0 aromatic carbocycles. The highest BCUT2D eigenvalue weighted by atomic mass is 35.5. The summed E-state index contributed by atoms with van der Waals surface area (Å²) >= 11 is 7.29. The number of hydrogen-bond donors (Lipinski definition) is 2. The van der Waals surface area contributed by atoms with E-state index in [0.29, 0.717) is 36.1 Å². The van der Waals surface area contributed by atoms with Gasteiger partial charge in [-0.25, -0.2) is 9.59 Å². The van der Waals surface area contributed by atoms with Crippen LogP contribution in [0.15, 0.2) is 12.1 Å². The van der Waals surface area contributed by atoms with E-state index in [1.807, 2.05) is 6.07 Å². The maximum absolute atomic E-state index is 12.8. The number of nitrogens with zero attached hydrogens (tertiary/aromatic N) is 4. The van der Waals surface area contributed by atoms with E-state index in [9.17, 15) is 20.0 Å². The molecule has 2 fully saturated rings. The summed E-state index contributed by atoms with van der Waals surface area (Å²) in [6, 6.07) is 4.34. The van der Waals surface area contributed by atoms with Crippen LogP contribution in [0.25, 0.3) is 0 Å². The molecule has 2 amide bonds. The fourth-order valence-electron chi connectivity index (χ4n) is 4.09. The fourth-order valence-corrected chi connectivity index (χ4v) is 5.09. The number of amides is 2. The van der Waals surface area contributed by atoms with Gasteiger partial charge in [0.25, 0.3) is 5.88 Å². The van der Waals surface area contributed by atoms with Crippen molar-refractivity contribution in [2.24, 2.45) is 0 Å². The van der Waals surface area contributed by atoms with Crippen LogP contribution in [-0.2, 0) is 11.4 Å². The molecule has 2 aliphatic rings. The third-order valence-electron chi connectivity index (χ3n) is 5.50. The number of H-pyrrole nitrogens is 1. The minimum absolute atomic E-state index is 0.116. The van der Waals surface area contributed by atoms with Crippen LogP contribution >= 0.6 is 22.9 Å². The Morgan fingerprint density at radius 1 is 1.37 bits per heavy atom. The number of carboxylic acids is 1. The first-order chi connectivity index (χ1) is 14.5. The van der Waals surface area contributed by atoms with E-state index in [1.165, 1.54) is 16.2 Å². The van der Waals surface area contributed by atoms with Gasteiger partial charge in [-0.1, -0.05) is 11.6 Å². The second-order valence-electron chi connectivity index (χ2n) is 7.27. The summed E-state index contributed by atoms with van der Waals surface area (Å²) in [7, 11) is 0. The average molecular weight is 450 g/mol. The summed E-state index contributed by atoms with van der Waals surface area (Å²) in [5.41, 5.74) is 0.560. The third-order valence-corrected chi connectivity index (χ3v) is 6.70. The third kappa shape index (κ3) is 3.82. The van der Waals surface area contributed by atoms with Crippen LogP contribution in [0.3, 0.4) is 0 Å². The van der Waals surface area contributed by atoms with Crippen LogP contribution in [0.1, 0.15) is 41.3 Å². The summed E-state index contributed by atoms with van der Waals surface area (Å²) in [5.74, 6) is -1.55. The maximum Gasteiger partial charge on any atom is 0.327 e. The highest BCUT2D eigenvalue weighted by molar-refractivity contribution is 7.16. The number of carboxylic acid groups (broad SMARTS) is 1. The zero-order chi connectivity index (χ0) is 21.3. The van der Waals surface area contributed by atoms with Gasteiger partial charge in [0.05, 0.1) is 10.0 Å². The van der Waals surface area contributed by atoms with Crippen molar-refractivity contribution in [3.63, 3.8) is 0 Å². The van der Waals surface area contributed by atoms with Gasteiger partial charge in [0.2, 0.25) is 0 Å². The van der Waals surface area contributed by atoms with E-state index in [2.05, 4.69) is 16.3 Å². The number of halogens is 1. The minimum Gasteiger partial charge on any atom is -0.480 e. The van der Waals surface area contributed by atoms with Gasteiger partial charge in [0, 0.05) is 30.4 Å². The fraction of sp³-hybridized carbons (Fsp3) is 0.474. The molecule has 0 saturated carbocycles. The highest BCUT2D eigenvalue weighted by Crippen LogP contribution is 2.37. The van der Waals surface area contributed by atoms with Crippen LogP contribution < -0.4 is 4.74 Å². The van der Waals surface area contributed by atoms with E-state index in [4.69, 9.17) is 16.3 Å². The SMILES string of the molecule is N#Cc1c(OCc2ccc(Cl)s2)n[nH]c1C1CCN(C(=O)N2CCCC2)C1C(=O)O. The van der Waals surface area contributed by atoms with E-state index in [1.54, 1.807) is 11.0 Å². The number of likely N-dealkylation sites (tertiary alicyclic amines) is 2. The molecule has 9 nitrogen and oxygen atoms in total. The lowest BCUT2D eigenvalue weighted by atomic mass is 9.94. The lowest BCUT2D eigenvalue weighted by Crippen LogP contribution is -2.48. The Morgan fingerprint density at radius 3 is 2.77 bits per heavy atom. The van der Waals surface area contributed by atoms with Crippen LogP contribution in [0.2, 0.25) is 4.34 Å². The van der Waals surface area contributed by atoms with Gasteiger partial charge >= 0.3 is 12.0 Å². The molecular weight excluding hydrogens is 430 g/mol. The topological polar surface area (TPSA) is 123 Å². The second kappa shape index (κ2) is 8.53. The zero-order valence-electron chi connectivity index (χ0n) is 16.0. The Bertz CT molecular complexity index is 993. The number of aromatic amines is 1. The molecule has 0 spiro atoms. The normalized spacial score (nSPS) is 21.1. The van der Waals surface area contributed by atoms with E-state index in [-0.39, 0.29) is 24.1 Å². The molecule has 0 bridgehead atoms. The number of hydrogen-bond acceptors (Lipinski definition) is 6. The van der Waals surface area contributed by atoms with Crippen LogP contribution in [0, 0.1) is 11.3 Å². The average Bonchev–Trinajstić information content (AvgIpc) is 3.51. The molecule has 2 aromatic heterocycles. The molecule has 2 aromatic rings. The van der Waals surface area contributed by atoms with Crippen LogP contribution in [0.5, 0.6) is 5.88 Å². The summed E-state index contributed by atoms with van der Waals surface area (Å²) in [4.78, 5) is 28.9. The first-order valence-electron chi connectivity index (χ1n) is 9.63. The molecule has 4 heterocycles. The minimum atomic E-state index is -1.10. The maximum atomic E-state index is 12.8. The number of carbonyl (C=O) groups is 2. The number of aromatic nitrogens is 2. The molecule has 2 N–H and O–H groups in total. The lowest BCUT2D eigenvalue weighted by Gasteiger charge is -2.28. The van der Waals surface area contributed by atoms with Gasteiger partial charge in [-0.05, 0) is 31.4 Å². The molecule has 2 saturated heterocycles.